The number of fused-ring (bicyclic) bond motifs is 2. The normalized spacial score (nSPS) is 13.2. The van der Waals surface area contributed by atoms with Crippen molar-refractivity contribution in [3.8, 4) is 0 Å². The number of rotatable bonds is 1. The molecule has 0 aliphatic carbocycles. The number of hydrogen-bond donors (Lipinski definition) is 0. The maximum atomic E-state index is 9.75. The van der Waals surface area contributed by atoms with E-state index >= 15 is 0 Å². The lowest BCUT2D eigenvalue weighted by Gasteiger charge is -2.20. The molecule has 0 saturated heterocycles. The zero-order valence-electron chi connectivity index (χ0n) is 15.1. The predicted octanol–water partition coefficient (Wildman–Crippen LogP) is 7.93. The molecule has 1 aliphatic rings. The average Bonchev–Trinajstić information content (AvgIpc) is 2.62. The third-order valence-electron chi connectivity index (χ3n) is 4.03. The molecule has 3 aromatic carbocycles. The highest BCUT2D eigenvalue weighted by atomic mass is 79.9. The minimum absolute atomic E-state index is 0.0297. The van der Waals surface area contributed by atoms with Crippen LogP contribution in [0.4, 0.5) is 17.3 Å². The topological polar surface area (TPSA) is 0 Å². The van der Waals surface area contributed by atoms with Crippen LogP contribution in [0.15, 0.2) is 89.6 Å². The van der Waals surface area contributed by atoms with Gasteiger partial charge in [0.05, 0.1) is 9.79 Å². The molecule has 0 saturated carbocycles. The van der Waals surface area contributed by atoms with Gasteiger partial charge in [-0.3, -0.25) is 0 Å². The molecular weight excluding hydrogens is 471 g/mol. The molecule has 0 nitrogen and oxygen atoms in total. The fourth-order valence-electron chi connectivity index (χ4n) is 2.85. The van der Waals surface area contributed by atoms with Gasteiger partial charge in [0.2, 0.25) is 0 Å². The first kappa shape index (κ1) is 21.3. The van der Waals surface area contributed by atoms with Crippen LogP contribution < -0.4 is 0 Å². The van der Waals surface area contributed by atoms with Crippen molar-refractivity contribution in [3.63, 3.8) is 0 Å². The van der Waals surface area contributed by atoms with E-state index in [2.05, 4.69) is 90.4 Å². The van der Waals surface area contributed by atoms with Gasteiger partial charge in [0, 0.05) is 10.0 Å². The summed E-state index contributed by atoms with van der Waals surface area (Å²) in [5.74, 6) is 0. The van der Waals surface area contributed by atoms with Crippen LogP contribution in [0.25, 0.3) is 0 Å². The van der Waals surface area contributed by atoms with Gasteiger partial charge >= 0.3 is 7.25 Å². The van der Waals surface area contributed by atoms with E-state index in [9.17, 15) is 17.3 Å². The van der Waals surface area contributed by atoms with Crippen LogP contribution >= 0.6 is 27.7 Å². The van der Waals surface area contributed by atoms with Gasteiger partial charge in [-0.25, -0.2) is 0 Å². The Bertz CT molecular complexity index is 956. The fraction of sp³-hybridized carbons (Fsp3) is 0.100. The summed E-state index contributed by atoms with van der Waals surface area (Å²) in [6.07, 6.45) is 0. The third kappa shape index (κ3) is 4.96. The molecule has 0 radical (unpaired) electrons. The van der Waals surface area contributed by atoms with Crippen LogP contribution in [0.2, 0.25) is 0 Å². The van der Waals surface area contributed by atoms with Crippen LogP contribution in [0.3, 0.4) is 0 Å². The Kier molecular flexibility index (Phi) is 6.52. The lowest BCUT2D eigenvalue weighted by Crippen LogP contribution is -2.12. The van der Waals surface area contributed by atoms with Crippen molar-refractivity contribution in [3.05, 3.63) is 76.3 Å². The Morgan fingerprint density at radius 2 is 1.21 bits per heavy atom. The van der Waals surface area contributed by atoms with Crippen LogP contribution in [-0.2, 0) is 10.9 Å². The second-order valence-corrected chi connectivity index (χ2v) is 10.0. The first-order valence-corrected chi connectivity index (χ1v) is 11.2. The molecule has 3 aromatic rings. The molecule has 0 unspecified atom stereocenters. The highest BCUT2D eigenvalue weighted by Crippen LogP contribution is 2.48. The Balaban J connectivity index is 0.000000403. The monoisotopic (exact) mass is 486 g/mol. The molecule has 0 N–H and O–H groups in total. The SMILES string of the molecule is Cc1cc([S+]2c3ccccc3Sc3ccccc32)c(C)cc1Br.F[B-](F)(F)F. The van der Waals surface area contributed by atoms with E-state index in [0.717, 1.165) is 0 Å². The van der Waals surface area contributed by atoms with Gasteiger partial charge in [-0.1, -0.05) is 52.0 Å². The van der Waals surface area contributed by atoms with Crippen LogP contribution in [-0.4, -0.2) is 7.25 Å². The largest absolute Gasteiger partial charge is 0.673 e. The van der Waals surface area contributed by atoms with E-state index in [-0.39, 0.29) is 10.9 Å². The van der Waals surface area contributed by atoms with Gasteiger partial charge < -0.3 is 17.3 Å². The third-order valence-corrected chi connectivity index (χ3v) is 8.77. The number of aryl methyl sites for hydroxylation is 2. The predicted molar refractivity (Wildman–Crippen MR) is 113 cm³/mol. The zero-order valence-corrected chi connectivity index (χ0v) is 18.3. The summed E-state index contributed by atoms with van der Waals surface area (Å²) in [5.41, 5.74) is 2.65. The van der Waals surface area contributed by atoms with Crippen LogP contribution in [0, 0.1) is 13.8 Å². The molecule has 8 heteroatoms. The van der Waals surface area contributed by atoms with E-state index in [0.29, 0.717) is 0 Å². The summed E-state index contributed by atoms with van der Waals surface area (Å²) in [6.45, 7) is 4.40. The molecule has 0 atom stereocenters. The van der Waals surface area contributed by atoms with Crippen molar-refractivity contribution in [1.82, 2.24) is 0 Å². The summed E-state index contributed by atoms with van der Waals surface area (Å²) < 4.78 is 40.2. The highest BCUT2D eigenvalue weighted by molar-refractivity contribution is 9.10. The maximum Gasteiger partial charge on any atom is 0.673 e. The lowest BCUT2D eigenvalue weighted by atomic mass is 10.2. The second-order valence-electron chi connectivity index (χ2n) is 6.16. The van der Waals surface area contributed by atoms with Crippen molar-refractivity contribution in [2.24, 2.45) is 0 Å². The smallest absolute Gasteiger partial charge is 0.418 e. The Hall–Kier alpha value is -1.38. The van der Waals surface area contributed by atoms with Gasteiger partial charge in [-0.15, -0.1) is 0 Å². The first-order valence-electron chi connectivity index (χ1n) is 8.39. The molecule has 0 spiro atoms. The summed E-state index contributed by atoms with van der Waals surface area (Å²) in [6, 6.07) is 22.3. The van der Waals surface area contributed by atoms with Gasteiger partial charge in [-0.2, -0.15) is 0 Å². The average molecular weight is 487 g/mol. The highest BCUT2D eigenvalue weighted by Gasteiger charge is 2.38. The van der Waals surface area contributed by atoms with Crippen LogP contribution in [0.1, 0.15) is 11.1 Å². The quantitative estimate of drug-likeness (QED) is 0.149. The molecule has 146 valence electrons. The second kappa shape index (κ2) is 8.55. The molecule has 0 fully saturated rings. The summed E-state index contributed by atoms with van der Waals surface area (Å²) >= 11 is 5.56. The van der Waals surface area contributed by atoms with Crippen molar-refractivity contribution in [2.45, 2.75) is 38.3 Å². The van der Waals surface area contributed by atoms with E-state index < -0.39 is 7.25 Å². The Labute approximate surface area is 177 Å². The standard InChI is InChI=1S/C20H16BrS2.BF4/c1-13-12-20(14(2)11-15(13)21)23-18-9-5-3-7-16(18)22-17-8-4-6-10-19(17)23;2-1(3,4)5/h3-12H,1-2H3;/q+1;-1. The number of hydrogen-bond acceptors (Lipinski definition) is 1. The van der Waals surface area contributed by atoms with Crippen molar-refractivity contribution < 1.29 is 17.3 Å². The molecule has 4 rings (SSSR count). The Morgan fingerprint density at radius 3 is 1.71 bits per heavy atom. The minimum Gasteiger partial charge on any atom is -0.418 e. The number of halogens is 5. The van der Waals surface area contributed by atoms with Gasteiger partial charge in [0.25, 0.3) is 0 Å². The van der Waals surface area contributed by atoms with Crippen molar-refractivity contribution in [1.29, 1.82) is 0 Å². The van der Waals surface area contributed by atoms with Crippen molar-refractivity contribution in [2.75, 3.05) is 0 Å². The molecular formula is C20H16BBrF4S2. The fourth-order valence-corrected chi connectivity index (χ4v) is 7.28. The Morgan fingerprint density at radius 1 is 0.750 bits per heavy atom. The maximum absolute atomic E-state index is 9.75. The molecule has 1 heterocycles. The summed E-state index contributed by atoms with van der Waals surface area (Å²) in [4.78, 5) is 7.09. The van der Waals surface area contributed by atoms with Gasteiger partial charge in [0.1, 0.15) is 10.9 Å². The first-order chi connectivity index (χ1) is 13.1. The zero-order chi connectivity index (χ0) is 20.5. The summed E-state index contributed by atoms with van der Waals surface area (Å²) in [7, 11) is -6.03. The minimum atomic E-state index is -6.00. The lowest BCUT2D eigenvalue weighted by molar-refractivity contribution is 0.368. The molecule has 28 heavy (non-hydrogen) atoms. The molecule has 0 amide bonds. The molecule has 0 aromatic heterocycles. The summed E-state index contributed by atoms with van der Waals surface area (Å²) in [5, 5.41) is 0. The van der Waals surface area contributed by atoms with Crippen molar-refractivity contribution >= 4 is 45.8 Å². The van der Waals surface area contributed by atoms with E-state index in [1.807, 2.05) is 11.8 Å². The molecule has 0 bridgehead atoms. The van der Waals surface area contributed by atoms with E-state index in [4.69, 9.17) is 0 Å². The van der Waals surface area contributed by atoms with E-state index in [1.165, 1.54) is 40.1 Å². The molecule has 1 aliphatic heterocycles. The number of benzene rings is 3. The van der Waals surface area contributed by atoms with Gasteiger partial charge in [-0.05, 0) is 55.8 Å². The van der Waals surface area contributed by atoms with Gasteiger partial charge in [0.15, 0.2) is 14.7 Å². The van der Waals surface area contributed by atoms with E-state index in [1.54, 1.807) is 0 Å². The van der Waals surface area contributed by atoms with Crippen LogP contribution in [0.5, 0.6) is 0 Å².